The van der Waals surface area contributed by atoms with Gasteiger partial charge in [-0.05, 0) is 30.7 Å². The number of thiocarbonyl (C=S) groups is 1. The smallest absolute Gasteiger partial charge is 0.251 e. The lowest BCUT2D eigenvalue weighted by molar-refractivity contribution is 0.0953. The first-order valence-electron chi connectivity index (χ1n) is 5.73. The molecule has 0 aliphatic heterocycles. The maximum Gasteiger partial charge on any atom is 0.251 e. The third-order valence-corrected chi connectivity index (χ3v) is 3.56. The molecule has 0 saturated heterocycles. The third kappa shape index (κ3) is 5.84. The van der Waals surface area contributed by atoms with Gasteiger partial charge in [-0.3, -0.25) is 4.79 Å². The predicted octanol–water partition coefficient (Wildman–Crippen LogP) is 3.28. The highest BCUT2D eigenvalue weighted by Crippen LogP contribution is 2.08. The lowest BCUT2D eigenvalue weighted by Gasteiger charge is -2.05. The third-order valence-electron chi connectivity index (χ3n) is 2.18. The van der Waals surface area contributed by atoms with E-state index in [1.54, 1.807) is 11.8 Å². The second kappa shape index (κ2) is 8.25. The molecule has 0 saturated carbocycles. The van der Waals surface area contributed by atoms with Gasteiger partial charge in [0.15, 0.2) is 0 Å². The van der Waals surface area contributed by atoms with Crippen LogP contribution >= 0.6 is 24.0 Å². The number of thioether (sulfide) groups is 1. The number of hydrogen-bond acceptors (Lipinski definition) is 3. The van der Waals surface area contributed by atoms with Gasteiger partial charge >= 0.3 is 0 Å². The predicted molar refractivity (Wildman–Crippen MR) is 78.7 cm³/mol. The van der Waals surface area contributed by atoms with Gasteiger partial charge in [-0.1, -0.05) is 37.3 Å². The average Bonchev–Trinajstić information content (AvgIpc) is 2.36. The van der Waals surface area contributed by atoms with Crippen molar-refractivity contribution in [3.8, 4) is 0 Å². The van der Waals surface area contributed by atoms with Crippen molar-refractivity contribution < 1.29 is 4.79 Å². The van der Waals surface area contributed by atoms with Crippen molar-refractivity contribution in [1.82, 2.24) is 5.32 Å². The van der Waals surface area contributed by atoms with E-state index in [0.717, 1.165) is 22.8 Å². The number of amides is 1. The van der Waals surface area contributed by atoms with Gasteiger partial charge in [0.05, 0.1) is 0 Å². The summed E-state index contributed by atoms with van der Waals surface area (Å²) >= 11 is 6.88. The van der Waals surface area contributed by atoms with Crippen molar-refractivity contribution in [1.29, 1.82) is 0 Å². The van der Waals surface area contributed by atoms with Gasteiger partial charge in [0, 0.05) is 16.3 Å². The zero-order valence-corrected chi connectivity index (χ0v) is 11.6. The monoisotopic (exact) mass is 267 g/mol. The Hall–Kier alpha value is -0.870. The maximum atomic E-state index is 11.7. The van der Waals surface area contributed by atoms with Crippen LogP contribution in [0.3, 0.4) is 0 Å². The van der Waals surface area contributed by atoms with Crippen molar-refractivity contribution >= 4 is 34.1 Å². The summed E-state index contributed by atoms with van der Waals surface area (Å²) in [6, 6.07) is 9.25. The highest BCUT2D eigenvalue weighted by molar-refractivity contribution is 8.23. The van der Waals surface area contributed by atoms with Crippen molar-refractivity contribution in [2.45, 2.75) is 19.8 Å². The Labute approximate surface area is 112 Å². The summed E-state index contributed by atoms with van der Waals surface area (Å²) in [4.78, 5) is 11.7. The van der Waals surface area contributed by atoms with Crippen LogP contribution in [0.4, 0.5) is 0 Å². The number of rotatable bonds is 6. The van der Waals surface area contributed by atoms with Crippen LogP contribution in [0.15, 0.2) is 30.3 Å². The molecule has 1 rings (SSSR count). The zero-order chi connectivity index (χ0) is 12.5. The number of carbonyl (C=O) groups is 1. The van der Waals surface area contributed by atoms with E-state index >= 15 is 0 Å². The van der Waals surface area contributed by atoms with Crippen LogP contribution in [0.2, 0.25) is 0 Å². The Balaban J connectivity index is 2.19. The molecule has 2 nitrogen and oxygen atoms in total. The van der Waals surface area contributed by atoms with Gasteiger partial charge in [0.25, 0.3) is 5.91 Å². The van der Waals surface area contributed by atoms with Gasteiger partial charge in [-0.2, -0.15) is 0 Å². The molecule has 17 heavy (non-hydrogen) atoms. The molecule has 0 spiro atoms. The molecule has 0 aromatic heterocycles. The molecule has 0 aliphatic carbocycles. The average molecular weight is 267 g/mol. The van der Waals surface area contributed by atoms with Crippen LogP contribution in [0.1, 0.15) is 30.1 Å². The first-order chi connectivity index (χ1) is 8.24. The molecule has 1 aromatic carbocycles. The van der Waals surface area contributed by atoms with Crippen molar-refractivity contribution in [2.75, 3.05) is 12.3 Å². The number of carbonyl (C=O) groups excluding carboxylic acids is 1. The van der Waals surface area contributed by atoms with E-state index in [0.29, 0.717) is 12.1 Å². The Bertz CT molecular complexity index is 365. The van der Waals surface area contributed by atoms with Gasteiger partial charge in [0.2, 0.25) is 0 Å². The van der Waals surface area contributed by atoms with E-state index < -0.39 is 0 Å². The van der Waals surface area contributed by atoms with Crippen LogP contribution < -0.4 is 5.32 Å². The maximum absolute atomic E-state index is 11.7. The van der Waals surface area contributed by atoms with Crippen LogP contribution in [-0.4, -0.2) is 22.4 Å². The minimum Gasteiger partial charge on any atom is -0.352 e. The first kappa shape index (κ1) is 14.2. The SMILES string of the molecule is CCSC(=S)CCCNC(=O)c1ccccc1. The fourth-order valence-corrected chi connectivity index (χ4v) is 2.47. The second-order valence-electron chi connectivity index (χ2n) is 3.53. The highest BCUT2D eigenvalue weighted by Gasteiger charge is 2.03. The van der Waals surface area contributed by atoms with E-state index in [1.165, 1.54) is 0 Å². The molecule has 0 atom stereocenters. The molecule has 0 heterocycles. The van der Waals surface area contributed by atoms with E-state index in [4.69, 9.17) is 12.2 Å². The van der Waals surface area contributed by atoms with Gasteiger partial charge in [-0.25, -0.2) is 0 Å². The molecule has 0 unspecified atom stereocenters. The van der Waals surface area contributed by atoms with Crippen LogP contribution in [0.5, 0.6) is 0 Å². The van der Waals surface area contributed by atoms with Crippen molar-refractivity contribution in [3.63, 3.8) is 0 Å². The molecule has 1 amide bonds. The van der Waals surface area contributed by atoms with Crippen LogP contribution in [0.25, 0.3) is 0 Å². The number of benzene rings is 1. The van der Waals surface area contributed by atoms with E-state index in [9.17, 15) is 4.79 Å². The van der Waals surface area contributed by atoms with Gasteiger partial charge in [-0.15, -0.1) is 11.8 Å². The summed E-state index contributed by atoms with van der Waals surface area (Å²) in [5, 5.41) is 2.89. The van der Waals surface area contributed by atoms with E-state index in [2.05, 4.69) is 12.2 Å². The Morgan fingerprint density at radius 3 is 2.71 bits per heavy atom. The lowest BCUT2D eigenvalue weighted by Crippen LogP contribution is -2.24. The minimum atomic E-state index is -0.0142. The molecular formula is C13H17NOS2. The van der Waals surface area contributed by atoms with Crippen molar-refractivity contribution in [2.24, 2.45) is 0 Å². The minimum absolute atomic E-state index is 0.0142. The summed E-state index contributed by atoms with van der Waals surface area (Å²) in [5.41, 5.74) is 0.706. The molecule has 0 aliphatic rings. The largest absolute Gasteiger partial charge is 0.352 e. The highest BCUT2D eigenvalue weighted by atomic mass is 32.2. The van der Waals surface area contributed by atoms with Gasteiger partial charge in [0.1, 0.15) is 0 Å². The summed E-state index contributed by atoms with van der Waals surface area (Å²) in [6.45, 7) is 2.77. The molecule has 0 radical (unpaired) electrons. The first-order valence-corrected chi connectivity index (χ1v) is 7.12. The summed E-state index contributed by atoms with van der Waals surface area (Å²) in [5.74, 6) is 1.01. The van der Waals surface area contributed by atoms with Crippen molar-refractivity contribution in [3.05, 3.63) is 35.9 Å². The summed E-state index contributed by atoms with van der Waals surface area (Å²) in [7, 11) is 0. The fourth-order valence-electron chi connectivity index (χ4n) is 1.36. The molecule has 0 bridgehead atoms. The normalized spacial score (nSPS) is 9.94. The fraction of sp³-hybridized carbons (Fsp3) is 0.385. The van der Waals surface area contributed by atoms with E-state index in [1.807, 2.05) is 30.3 Å². The number of nitrogens with one attached hydrogen (secondary N) is 1. The topological polar surface area (TPSA) is 29.1 Å². The van der Waals surface area contributed by atoms with Gasteiger partial charge < -0.3 is 5.32 Å². The zero-order valence-electron chi connectivity index (χ0n) is 9.94. The number of hydrogen-bond donors (Lipinski definition) is 1. The Morgan fingerprint density at radius 1 is 1.35 bits per heavy atom. The van der Waals surface area contributed by atoms with Crippen LogP contribution in [0, 0.1) is 0 Å². The molecule has 0 fully saturated rings. The van der Waals surface area contributed by atoms with E-state index in [-0.39, 0.29) is 5.91 Å². The molecular weight excluding hydrogens is 250 g/mol. The summed E-state index contributed by atoms with van der Waals surface area (Å²) in [6.07, 6.45) is 1.80. The summed E-state index contributed by atoms with van der Waals surface area (Å²) < 4.78 is 1.03. The molecule has 1 aromatic rings. The lowest BCUT2D eigenvalue weighted by atomic mass is 10.2. The molecule has 92 valence electrons. The Kier molecular flexibility index (Phi) is 6.89. The standard InChI is InChI=1S/C13H17NOS2/c1-2-17-12(16)9-6-10-14-13(15)11-7-4-3-5-8-11/h3-5,7-8H,2,6,9-10H2,1H3,(H,14,15). The second-order valence-corrected chi connectivity index (χ2v) is 5.64. The quantitative estimate of drug-likeness (QED) is 0.633. The Morgan fingerprint density at radius 2 is 2.06 bits per heavy atom. The molecule has 4 heteroatoms. The van der Waals surface area contributed by atoms with Crippen LogP contribution in [-0.2, 0) is 0 Å². The molecule has 1 N–H and O–H groups in total.